The van der Waals surface area contributed by atoms with Crippen LogP contribution < -0.4 is 20.3 Å². The zero-order valence-electron chi connectivity index (χ0n) is 15.2. The molecule has 4 rings (SSSR count). The van der Waals surface area contributed by atoms with E-state index >= 15 is 0 Å². The van der Waals surface area contributed by atoms with Crippen molar-refractivity contribution in [3.63, 3.8) is 0 Å². The molecule has 28 heavy (non-hydrogen) atoms. The summed E-state index contributed by atoms with van der Waals surface area (Å²) in [6.45, 7) is 0. The van der Waals surface area contributed by atoms with Crippen molar-refractivity contribution in [3.05, 3.63) is 70.1 Å². The van der Waals surface area contributed by atoms with Gasteiger partial charge >= 0.3 is 0 Å². The lowest BCUT2D eigenvalue weighted by atomic mass is 10.1. The summed E-state index contributed by atoms with van der Waals surface area (Å²) in [5.41, 5.74) is 1.76. The maximum atomic E-state index is 12.8. The molecule has 0 aliphatic rings. The Morgan fingerprint density at radius 1 is 1.04 bits per heavy atom. The van der Waals surface area contributed by atoms with Crippen LogP contribution in [-0.4, -0.2) is 34.0 Å². The first-order chi connectivity index (χ1) is 13.7. The van der Waals surface area contributed by atoms with Crippen LogP contribution in [0.15, 0.2) is 53.3 Å². The van der Waals surface area contributed by atoms with Gasteiger partial charge in [-0.1, -0.05) is 35.6 Å². The molecule has 9 heteroatoms. The minimum absolute atomic E-state index is 0.294. The Hall–Kier alpha value is -3.46. The maximum absolute atomic E-state index is 12.8. The fourth-order valence-corrected chi connectivity index (χ4v) is 3.49. The Labute approximate surface area is 164 Å². The molecule has 0 fully saturated rings. The molecule has 0 saturated carbocycles. The van der Waals surface area contributed by atoms with Gasteiger partial charge in [0.1, 0.15) is 5.69 Å². The first kappa shape index (κ1) is 17.9. The van der Waals surface area contributed by atoms with Crippen LogP contribution in [0.1, 0.15) is 11.3 Å². The molecule has 4 aromatic rings. The van der Waals surface area contributed by atoms with E-state index in [1.54, 1.807) is 20.3 Å². The first-order valence-electron chi connectivity index (χ1n) is 8.46. The van der Waals surface area contributed by atoms with Crippen LogP contribution in [-0.2, 0) is 6.42 Å². The molecular formula is C19H17N5O3S. The van der Waals surface area contributed by atoms with E-state index in [2.05, 4.69) is 20.6 Å². The lowest BCUT2D eigenvalue weighted by molar-refractivity contribution is 0.354. The molecule has 2 heterocycles. The van der Waals surface area contributed by atoms with Crippen molar-refractivity contribution in [3.8, 4) is 11.5 Å². The SMILES string of the molecule is COc1ccc(Cc2nnc3sc(Nc4ccccc4)nn3c2=O)cc1OC. The molecule has 0 unspecified atom stereocenters. The van der Waals surface area contributed by atoms with E-state index in [1.807, 2.05) is 42.5 Å². The Morgan fingerprint density at radius 3 is 2.57 bits per heavy atom. The number of benzene rings is 2. The van der Waals surface area contributed by atoms with Gasteiger partial charge in [-0.05, 0) is 29.8 Å². The third-order valence-corrected chi connectivity index (χ3v) is 4.91. The molecule has 0 saturated heterocycles. The Morgan fingerprint density at radius 2 is 1.82 bits per heavy atom. The minimum atomic E-state index is -0.294. The van der Waals surface area contributed by atoms with Gasteiger partial charge in [0.15, 0.2) is 11.5 Å². The summed E-state index contributed by atoms with van der Waals surface area (Å²) < 4.78 is 11.8. The summed E-state index contributed by atoms with van der Waals surface area (Å²) in [6.07, 6.45) is 0.314. The van der Waals surface area contributed by atoms with Crippen molar-refractivity contribution in [2.75, 3.05) is 19.5 Å². The second kappa shape index (κ2) is 7.65. The van der Waals surface area contributed by atoms with E-state index in [0.717, 1.165) is 11.3 Å². The highest BCUT2D eigenvalue weighted by molar-refractivity contribution is 7.20. The summed E-state index contributed by atoms with van der Waals surface area (Å²) in [5.74, 6) is 1.22. The number of ether oxygens (including phenoxy) is 2. The highest BCUT2D eigenvalue weighted by atomic mass is 32.1. The summed E-state index contributed by atoms with van der Waals surface area (Å²) in [7, 11) is 3.14. The van der Waals surface area contributed by atoms with Crippen molar-refractivity contribution in [2.24, 2.45) is 0 Å². The maximum Gasteiger partial charge on any atom is 0.297 e. The van der Waals surface area contributed by atoms with Crippen LogP contribution in [0.3, 0.4) is 0 Å². The van der Waals surface area contributed by atoms with Crippen molar-refractivity contribution in [1.82, 2.24) is 19.8 Å². The molecule has 0 radical (unpaired) electrons. The molecule has 0 amide bonds. The number of para-hydroxylation sites is 1. The second-order valence-electron chi connectivity index (χ2n) is 5.91. The molecule has 1 N–H and O–H groups in total. The first-order valence-corrected chi connectivity index (χ1v) is 9.28. The van der Waals surface area contributed by atoms with Gasteiger partial charge in [0.2, 0.25) is 10.1 Å². The lowest BCUT2D eigenvalue weighted by Crippen LogP contribution is -2.22. The summed E-state index contributed by atoms with van der Waals surface area (Å²) in [5, 5.41) is 16.3. The number of nitrogens with zero attached hydrogens (tertiary/aromatic N) is 4. The average Bonchev–Trinajstić information content (AvgIpc) is 3.14. The molecule has 0 spiro atoms. The lowest BCUT2D eigenvalue weighted by Gasteiger charge is -2.09. The number of nitrogens with one attached hydrogen (secondary N) is 1. The smallest absolute Gasteiger partial charge is 0.297 e. The second-order valence-corrected chi connectivity index (χ2v) is 6.87. The number of rotatable bonds is 6. The van der Waals surface area contributed by atoms with Crippen molar-refractivity contribution in [2.45, 2.75) is 6.42 Å². The van der Waals surface area contributed by atoms with E-state index in [0.29, 0.717) is 33.7 Å². The van der Waals surface area contributed by atoms with Crippen molar-refractivity contribution in [1.29, 1.82) is 0 Å². The fourth-order valence-electron chi connectivity index (χ4n) is 2.74. The third-order valence-electron chi connectivity index (χ3n) is 4.10. The zero-order chi connectivity index (χ0) is 19.5. The Balaban J connectivity index is 1.64. The summed E-state index contributed by atoms with van der Waals surface area (Å²) >= 11 is 1.26. The average molecular weight is 395 g/mol. The van der Waals surface area contributed by atoms with Gasteiger partial charge in [-0.15, -0.1) is 15.3 Å². The van der Waals surface area contributed by atoms with Crippen LogP contribution in [0.2, 0.25) is 0 Å². The van der Waals surface area contributed by atoms with Crippen LogP contribution in [0, 0.1) is 0 Å². The van der Waals surface area contributed by atoms with Crippen LogP contribution in [0.4, 0.5) is 10.8 Å². The highest BCUT2D eigenvalue weighted by Gasteiger charge is 2.14. The van der Waals surface area contributed by atoms with Crippen molar-refractivity contribution < 1.29 is 9.47 Å². The molecule has 142 valence electrons. The van der Waals surface area contributed by atoms with Gasteiger partial charge in [-0.2, -0.15) is 4.52 Å². The predicted octanol–water partition coefficient (Wildman–Crippen LogP) is 2.90. The third kappa shape index (κ3) is 3.52. The monoisotopic (exact) mass is 395 g/mol. The van der Waals surface area contributed by atoms with Gasteiger partial charge in [0.25, 0.3) is 5.56 Å². The number of fused-ring (bicyclic) bond motifs is 1. The normalized spacial score (nSPS) is 10.8. The molecule has 0 atom stereocenters. The van der Waals surface area contributed by atoms with Gasteiger partial charge in [-0.25, -0.2) is 0 Å². The number of hydrogen-bond donors (Lipinski definition) is 1. The van der Waals surface area contributed by atoms with E-state index < -0.39 is 0 Å². The molecule has 2 aromatic heterocycles. The van der Waals surface area contributed by atoms with Gasteiger partial charge < -0.3 is 14.8 Å². The van der Waals surface area contributed by atoms with Gasteiger partial charge in [-0.3, -0.25) is 4.79 Å². The summed E-state index contributed by atoms with van der Waals surface area (Å²) in [4.78, 5) is 13.2. The molecule has 0 aliphatic heterocycles. The minimum Gasteiger partial charge on any atom is -0.493 e. The van der Waals surface area contributed by atoms with E-state index in [1.165, 1.54) is 15.9 Å². The molecule has 8 nitrogen and oxygen atoms in total. The van der Waals surface area contributed by atoms with Crippen LogP contribution in [0.25, 0.3) is 4.96 Å². The van der Waals surface area contributed by atoms with E-state index in [-0.39, 0.29) is 5.56 Å². The zero-order valence-corrected chi connectivity index (χ0v) is 16.1. The Bertz CT molecular complexity index is 1170. The highest BCUT2D eigenvalue weighted by Crippen LogP contribution is 2.28. The molecule has 0 aliphatic carbocycles. The topological polar surface area (TPSA) is 90.6 Å². The van der Waals surface area contributed by atoms with Crippen LogP contribution in [0.5, 0.6) is 11.5 Å². The summed E-state index contributed by atoms with van der Waals surface area (Å²) in [6, 6.07) is 15.1. The largest absolute Gasteiger partial charge is 0.493 e. The van der Waals surface area contributed by atoms with E-state index in [9.17, 15) is 4.79 Å². The number of methoxy groups -OCH3 is 2. The van der Waals surface area contributed by atoms with Crippen molar-refractivity contribution >= 4 is 27.1 Å². The quantitative estimate of drug-likeness (QED) is 0.537. The molecule has 2 aromatic carbocycles. The Kier molecular flexibility index (Phi) is 4.90. The molecule has 0 bridgehead atoms. The fraction of sp³-hybridized carbons (Fsp3) is 0.158. The number of hydrogen-bond acceptors (Lipinski definition) is 8. The van der Waals surface area contributed by atoms with Gasteiger partial charge in [0, 0.05) is 12.1 Å². The number of aromatic nitrogens is 4. The number of anilines is 2. The van der Waals surface area contributed by atoms with E-state index in [4.69, 9.17) is 9.47 Å². The van der Waals surface area contributed by atoms with Gasteiger partial charge in [0.05, 0.1) is 14.2 Å². The predicted molar refractivity (Wildman–Crippen MR) is 107 cm³/mol. The standard InChI is InChI=1S/C19H17N5O3S/c1-26-15-9-8-12(11-16(15)27-2)10-14-17(25)24-19(22-21-14)28-18(23-24)20-13-6-4-3-5-7-13/h3-9,11H,10H2,1-2H3,(H,20,23). The molecular weight excluding hydrogens is 378 g/mol. The van der Waals surface area contributed by atoms with Crippen LogP contribution >= 0.6 is 11.3 Å².